The van der Waals surface area contributed by atoms with Crippen LogP contribution in [-0.2, 0) is 4.79 Å². The predicted octanol–water partition coefficient (Wildman–Crippen LogP) is 2.81. The molecule has 0 aromatic heterocycles. The third kappa shape index (κ3) is 3.07. The lowest BCUT2D eigenvalue weighted by atomic mass is 9.96. The Balaban J connectivity index is 2.85. The van der Waals surface area contributed by atoms with E-state index in [4.69, 9.17) is 5.26 Å². The lowest BCUT2D eigenvalue weighted by molar-refractivity contribution is -0.122. The number of hydrogen-bond donors (Lipinski definition) is 0. The van der Waals surface area contributed by atoms with Crippen molar-refractivity contribution in [2.24, 2.45) is 11.8 Å². The van der Waals surface area contributed by atoms with Gasteiger partial charge in [0.05, 0.1) is 11.6 Å². The van der Waals surface area contributed by atoms with Gasteiger partial charge in [0.15, 0.2) is 0 Å². The van der Waals surface area contributed by atoms with Crippen LogP contribution in [0.4, 0.5) is 5.69 Å². The first-order chi connectivity index (χ1) is 7.97. The average Bonchev–Trinajstić information content (AvgIpc) is 2.36. The van der Waals surface area contributed by atoms with Crippen molar-refractivity contribution in [3.63, 3.8) is 0 Å². The highest BCUT2D eigenvalue weighted by Gasteiger charge is 2.21. The smallest absolute Gasteiger partial charge is 0.229 e. The van der Waals surface area contributed by atoms with Gasteiger partial charge in [0.25, 0.3) is 0 Å². The van der Waals surface area contributed by atoms with Crippen LogP contribution in [0.5, 0.6) is 0 Å². The Morgan fingerprint density at radius 1 is 1.24 bits per heavy atom. The minimum Gasteiger partial charge on any atom is -0.315 e. The van der Waals surface area contributed by atoms with E-state index in [9.17, 15) is 4.79 Å². The highest BCUT2D eigenvalue weighted by molar-refractivity contribution is 5.94. The van der Waals surface area contributed by atoms with Gasteiger partial charge in [0.1, 0.15) is 0 Å². The van der Waals surface area contributed by atoms with Crippen LogP contribution in [0.1, 0.15) is 26.3 Å². The van der Waals surface area contributed by atoms with Gasteiger partial charge in [-0.2, -0.15) is 5.26 Å². The molecule has 3 nitrogen and oxygen atoms in total. The molecule has 1 unspecified atom stereocenters. The van der Waals surface area contributed by atoms with Crippen molar-refractivity contribution in [1.29, 1.82) is 5.26 Å². The molecule has 0 aliphatic rings. The predicted molar refractivity (Wildman–Crippen MR) is 68.6 cm³/mol. The summed E-state index contributed by atoms with van der Waals surface area (Å²) < 4.78 is 0. The molecule has 1 atom stereocenters. The van der Waals surface area contributed by atoms with Gasteiger partial charge >= 0.3 is 0 Å². The molecular formula is C14H18N2O. The van der Waals surface area contributed by atoms with E-state index in [2.05, 4.69) is 6.07 Å². The topological polar surface area (TPSA) is 44.1 Å². The van der Waals surface area contributed by atoms with Crippen molar-refractivity contribution in [3.8, 4) is 6.07 Å². The van der Waals surface area contributed by atoms with Crippen LogP contribution in [0.25, 0.3) is 0 Å². The lowest BCUT2D eigenvalue weighted by Gasteiger charge is -2.23. The van der Waals surface area contributed by atoms with E-state index in [1.807, 2.05) is 20.8 Å². The summed E-state index contributed by atoms with van der Waals surface area (Å²) in [4.78, 5) is 13.7. The number of carbonyl (C=O) groups excluding carboxylic acids is 1. The van der Waals surface area contributed by atoms with E-state index in [0.717, 1.165) is 5.69 Å². The second-order valence-electron chi connectivity index (χ2n) is 4.59. The second-order valence-corrected chi connectivity index (χ2v) is 4.59. The van der Waals surface area contributed by atoms with Gasteiger partial charge in [-0.3, -0.25) is 4.79 Å². The Hall–Kier alpha value is -1.82. The molecule has 17 heavy (non-hydrogen) atoms. The standard InChI is InChI=1S/C14H18N2O/c1-10(2)11(3)14(17)16(4)13-7-5-12(9-15)6-8-13/h5-8,10-11H,1-4H3. The monoisotopic (exact) mass is 230 g/mol. The van der Waals surface area contributed by atoms with Crippen molar-refractivity contribution in [2.75, 3.05) is 11.9 Å². The van der Waals surface area contributed by atoms with Crippen molar-refractivity contribution < 1.29 is 4.79 Å². The Kier molecular flexibility index (Phi) is 4.28. The number of benzene rings is 1. The zero-order chi connectivity index (χ0) is 13.0. The highest BCUT2D eigenvalue weighted by atomic mass is 16.2. The summed E-state index contributed by atoms with van der Waals surface area (Å²) in [5, 5.41) is 8.71. The van der Waals surface area contributed by atoms with Crippen molar-refractivity contribution in [1.82, 2.24) is 0 Å². The van der Waals surface area contributed by atoms with Crippen molar-refractivity contribution in [2.45, 2.75) is 20.8 Å². The number of amides is 1. The maximum absolute atomic E-state index is 12.1. The zero-order valence-electron chi connectivity index (χ0n) is 10.8. The van der Waals surface area contributed by atoms with Gasteiger partial charge < -0.3 is 4.90 Å². The van der Waals surface area contributed by atoms with E-state index < -0.39 is 0 Å². The van der Waals surface area contributed by atoms with Gasteiger partial charge in [-0.05, 0) is 30.2 Å². The van der Waals surface area contributed by atoms with Crippen LogP contribution < -0.4 is 4.90 Å². The van der Waals surface area contributed by atoms with Crippen LogP contribution in [-0.4, -0.2) is 13.0 Å². The van der Waals surface area contributed by atoms with Crippen LogP contribution in [0.15, 0.2) is 24.3 Å². The zero-order valence-corrected chi connectivity index (χ0v) is 10.8. The minimum atomic E-state index is -0.00403. The Morgan fingerprint density at radius 3 is 2.18 bits per heavy atom. The van der Waals surface area contributed by atoms with Crippen LogP contribution in [0.2, 0.25) is 0 Å². The maximum Gasteiger partial charge on any atom is 0.229 e. The number of hydrogen-bond acceptors (Lipinski definition) is 2. The Bertz CT molecular complexity index is 429. The molecule has 0 bridgehead atoms. The largest absolute Gasteiger partial charge is 0.315 e. The number of anilines is 1. The van der Waals surface area contributed by atoms with E-state index in [0.29, 0.717) is 11.5 Å². The highest BCUT2D eigenvalue weighted by Crippen LogP contribution is 2.19. The summed E-state index contributed by atoms with van der Waals surface area (Å²) in [7, 11) is 1.77. The summed E-state index contributed by atoms with van der Waals surface area (Å²) in [5.41, 5.74) is 1.42. The van der Waals surface area contributed by atoms with Crippen molar-refractivity contribution in [3.05, 3.63) is 29.8 Å². The molecule has 0 radical (unpaired) electrons. The molecule has 1 amide bonds. The average molecular weight is 230 g/mol. The third-order valence-electron chi connectivity index (χ3n) is 3.10. The third-order valence-corrected chi connectivity index (χ3v) is 3.10. The fourth-order valence-corrected chi connectivity index (χ4v) is 1.48. The molecule has 0 N–H and O–H groups in total. The van der Waals surface area contributed by atoms with Gasteiger partial charge in [-0.1, -0.05) is 20.8 Å². The summed E-state index contributed by atoms with van der Waals surface area (Å²) in [6.07, 6.45) is 0. The quantitative estimate of drug-likeness (QED) is 0.801. The van der Waals surface area contributed by atoms with Crippen LogP contribution in [0.3, 0.4) is 0 Å². The van der Waals surface area contributed by atoms with E-state index >= 15 is 0 Å². The SMILES string of the molecule is CC(C)C(C)C(=O)N(C)c1ccc(C#N)cc1. The number of carbonyl (C=O) groups is 1. The fraction of sp³-hybridized carbons (Fsp3) is 0.429. The summed E-state index contributed by atoms with van der Waals surface area (Å²) >= 11 is 0. The number of nitriles is 1. The minimum absolute atomic E-state index is 0.00403. The molecule has 0 spiro atoms. The van der Waals surface area contributed by atoms with E-state index in [1.165, 1.54) is 0 Å². The second kappa shape index (κ2) is 5.49. The van der Waals surface area contributed by atoms with Gasteiger partial charge in [0, 0.05) is 18.7 Å². The number of rotatable bonds is 3. The number of nitrogens with zero attached hydrogens (tertiary/aromatic N) is 2. The van der Waals surface area contributed by atoms with E-state index in [1.54, 1.807) is 36.2 Å². The molecule has 0 aliphatic heterocycles. The van der Waals surface area contributed by atoms with Crippen molar-refractivity contribution >= 4 is 11.6 Å². The summed E-state index contributed by atoms with van der Waals surface area (Å²) in [6.45, 7) is 6.01. The van der Waals surface area contributed by atoms with Crippen LogP contribution >= 0.6 is 0 Å². The van der Waals surface area contributed by atoms with E-state index in [-0.39, 0.29) is 11.8 Å². The first-order valence-corrected chi connectivity index (χ1v) is 5.75. The van der Waals surface area contributed by atoms with Gasteiger partial charge in [-0.25, -0.2) is 0 Å². The maximum atomic E-state index is 12.1. The molecule has 3 heteroatoms. The van der Waals surface area contributed by atoms with Gasteiger partial charge in [0.2, 0.25) is 5.91 Å². The summed E-state index contributed by atoms with van der Waals surface area (Å²) in [6, 6.07) is 9.09. The Morgan fingerprint density at radius 2 is 1.76 bits per heavy atom. The first kappa shape index (κ1) is 13.2. The summed E-state index contributed by atoms with van der Waals surface area (Å²) in [5.74, 6) is 0.420. The molecule has 1 rings (SSSR count). The first-order valence-electron chi connectivity index (χ1n) is 5.75. The van der Waals surface area contributed by atoms with Gasteiger partial charge in [-0.15, -0.1) is 0 Å². The molecular weight excluding hydrogens is 212 g/mol. The normalized spacial score (nSPS) is 12.0. The molecule has 1 aromatic rings. The molecule has 0 saturated heterocycles. The molecule has 1 aromatic carbocycles. The molecule has 90 valence electrons. The van der Waals surface area contributed by atoms with Crippen LogP contribution in [0, 0.1) is 23.2 Å². The molecule has 0 heterocycles. The molecule has 0 fully saturated rings. The lowest BCUT2D eigenvalue weighted by Crippen LogP contribution is -2.33. The molecule has 0 saturated carbocycles. The molecule has 0 aliphatic carbocycles. The Labute approximate surface area is 103 Å². The fourth-order valence-electron chi connectivity index (χ4n) is 1.48.